The Morgan fingerprint density at radius 3 is 2.81 bits per heavy atom. The fourth-order valence-electron chi connectivity index (χ4n) is 4.57. The van der Waals surface area contributed by atoms with Crippen LogP contribution in [0.5, 0.6) is 0 Å². The Hall–Kier alpha value is -2.41. The molecule has 3 heterocycles. The van der Waals surface area contributed by atoms with Crippen molar-refractivity contribution >= 4 is 5.96 Å². The molecule has 3 atom stereocenters. The zero-order chi connectivity index (χ0) is 22.5. The van der Waals surface area contributed by atoms with E-state index in [0.29, 0.717) is 17.9 Å². The van der Waals surface area contributed by atoms with Crippen LogP contribution in [-0.4, -0.2) is 46.5 Å². The van der Waals surface area contributed by atoms with E-state index in [1.54, 1.807) is 0 Å². The van der Waals surface area contributed by atoms with Crippen molar-refractivity contribution in [2.24, 2.45) is 10.9 Å². The van der Waals surface area contributed by atoms with Crippen molar-refractivity contribution in [3.63, 3.8) is 0 Å². The number of benzene rings is 1. The predicted octanol–water partition coefficient (Wildman–Crippen LogP) is 3.75. The Bertz CT molecular complexity index is 904. The number of fused-ring (bicyclic) bond motifs is 1. The third kappa shape index (κ3) is 5.49. The summed E-state index contributed by atoms with van der Waals surface area (Å²) < 4.78 is 8.26. The van der Waals surface area contributed by atoms with Gasteiger partial charge in [-0.05, 0) is 38.7 Å². The van der Waals surface area contributed by atoms with Gasteiger partial charge in [0.15, 0.2) is 11.8 Å². The number of guanidine groups is 1. The normalized spacial score (nSPS) is 23.8. The number of hydrogen-bond donors (Lipinski definition) is 2. The maximum Gasteiger partial charge on any atom is 0.191 e. The highest BCUT2D eigenvalue weighted by molar-refractivity contribution is 5.80. The number of rotatable bonds is 6. The fourth-order valence-corrected chi connectivity index (χ4v) is 4.57. The van der Waals surface area contributed by atoms with Gasteiger partial charge in [0, 0.05) is 44.0 Å². The van der Waals surface area contributed by atoms with Crippen LogP contribution in [0.3, 0.4) is 0 Å². The van der Waals surface area contributed by atoms with Crippen LogP contribution in [0.4, 0.5) is 0 Å². The van der Waals surface area contributed by atoms with Crippen LogP contribution < -0.4 is 10.6 Å². The molecule has 1 aromatic carbocycles. The first kappa shape index (κ1) is 22.8. The minimum Gasteiger partial charge on any atom is -0.373 e. The molecule has 0 radical (unpaired) electrons. The highest BCUT2D eigenvalue weighted by Gasteiger charge is 2.28. The molecule has 174 valence electrons. The highest BCUT2D eigenvalue weighted by Crippen LogP contribution is 2.34. The lowest BCUT2D eigenvalue weighted by atomic mass is 9.89. The topological polar surface area (TPSA) is 76.4 Å². The third-order valence-corrected chi connectivity index (χ3v) is 6.41. The summed E-state index contributed by atoms with van der Waals surface area (Å²) >= 11 is 0. The van der Waals surface area contributed by atoms with Gasteiger partial charge in [0.1, 0.15) is 5.82 Å². The Kier molecular flexibility index (Phi) is 7.45. The van der Waals surface area contributed by atoms with Crippen LogP contribution in [0, 0.1) is 12.8 Å². The molecule has 4 rings (SSSR count). The summed E-state index contributed by atoms with van der Waals surface area (Å²) in [4.78, 5) is 9.69. The van der Waals surface area contributed by atoms with Gasteiger partial charge in [0.2, 0.25) is 0 Å². The maximum absolute atomic E-state index is 6.19. The zero-order valence-corrected chi connectivity index (χ0v) is 20.0. The summed E-state index contributed by atoms with van der Waals surface area (Å²) in [6.45, 7) is 11.8. The molecule has 2 aliphatic rings. The van der Waals surface area contributed by atoms with Crippen LogP contribution in [0.2, 0.25) is 0 Å². The summed E-state index contributed by atoms with van der Waals surface area (Å²) in [5.41, 5.74) is 2.54. The molecule has 0 bridgehead atoms. The predicted molar refractivity (Wildman–Crippen MR) is 128 cm³/mol. The third-order valence-electron chi connectivity index (χ3n) is 6.41. The molecule has 0 aliphatic carbocycles. The molecule has 1 aromatic heterocycles. The number of aliphatic imine (C=N–C) groups is 1. The molecule has 0 spiro atoms. The van der Waals surface area contributed by atoms with Gasteiger partial charge in [-0.1, -0.05) is 43.7 Å². The van der Waals surface area contributed by atoms with E-state index < -0.39 is 0 Å². The maximum atomic E-state index is 6.19. The number of aryl methyl sites for hydroxylation is 2. The van der Waals surface area contributed by atoms with E-state index >= 15 is 0 Å². The molecule has 7 nitrogen and oxygen atoms in total. The molecule has 0 amide bonds. The summed E-state index contributed by atoms with van der Waals surface area (Å²) in [5.74, 6) is 3.69. The molecule has 2 aliphatic heterocycles. The van der Waals surface area contributed by atoms with Gasteiger partial charge in [-0.2, -0.15) is 5.10 Å². The molecular formula is C25H38N6O. The van der Waals surface area contributed by atoms with Crippen LogP contribution in [0.1, 0.15) is 74.8 Å². The van der Waals surface area contributed by atoms with Crippen molar-refractivity contribution < 1.29 is 4.74 Å². The number of nitrogens with one attached hydrogen (secondary N) is 2. The van der Waals surface area contributed by atoms with E-state index in [1.807, 2.05) is 0 Å². The Morgan fingerprint density at radius 1 is 1.25 bits per heavy atom. The lowest BCUT2D eigenvalue weighted by Crippen LogP contribution is -2.47. The number of aromatic nitrogens is 3. The van der Waals surface area contributed by atoms with E-state index in [1.165, 1.54) is 11.1 Å². The summed E-state index contributed by atoms with van der Waals surface area (Å²) in [7, 11) is 0. The van der Waals surface area contributed by atoms with Crippen LogP contribution in [0.15, 0.2) is 29.3 Å². The number of nitrogens with zero attached hydrogens (tertiary/aromatic N) is 4. The molecule has 1 fully saturated rings. The lowest BCUT2D eigenvalue weighted by Gasteiger charge is -2.31. The van der Waals surface area contributed by atoms with Crippen molar-refractivity contribution in [3.05, 3.63) is 47.0 Å². The molecule has 7 heteroatoms. The standard InChI is InChI=1S/C25H38N6O/c1-5-26-25(28-21-12-13-22-29-24(17(2)3)30-31(22)16-21)27-15-20-7-6-14-32-23(20)19-10-8-18(4)9-11-19/h8-11,17,20-21,23H,5-7,12-16H2,1-4H3,(H2,26,27,28). The second-order valence-electron chi connectivity index (χ2n) is 9.43. The van der Waals surface area contributed by atoms with Gasteiger partial charge in [-0.15, -0.1) is 0 Å². The average molecular weight is 439 g/mol. The summed E-state index contributed by atoms with van der Waals surface area (Å²) in [5, 5.41) is 11.8. The van der Waals surface area contributed by atoms with E-state index in [-0.39, 0.29) is 6.10 Å². The second kappa shape index (κ2) is 10.5. The van der Waals surface area contributed by atoms with Gasteiger partial charge in [-0.3, -0.25) is 4.99 Å². The van der Waals surface area contributed by atoms with Crippen molar-refractivity contribution in [2.75, 3.05) is 19.7 Å². The fraction of sp³-hybridized carbons (Fsp3) is 0.640. The largest absolute Gasteiger partial charge is 0.373 e. The minimum absolute atomic E-state index is 0.123. The quantitative estimate of drug-likeness (QED) is 0.531. The molecule has 3 unspecified atom stereocenters. The minimum atomic E-state index is 0.123. The van der Waals surface area contributed by atoms with Gasteiger partial charge in [-0.25, -0.2) is 9.67 Å². The second-order valence-corrected chi connectivity index (χ2v) is 9.43. The van der Waals surface area contributed by atoms with Crippen LogP contribution in [-0.2, 0) is 17.7 Å². The monoisotopic (exact) mass is 438 g/mol. The first-order chi connectivity index (χ1) is 15.5. The molecule has 2 N–H and O–H groups in total. The number of ether oxygens (including phenoxy) is 1. The van der Waals surface area contributed by atoms with E-state index in [4.69, 9.17) is 19.8 Å². The first-order valence-electron chi connectivity index (χ1n) is 12.2. The highest BCUT2D eigenvalue weighted by atomic mass is 16.5. The molecule has 1 saturated heterocycles. The van der Waals surface area contributed by atoms with Gasteiger partial charge in [0.25, 0.3) is 0 Å². The van der Waals surface area contributed by atoms with E-state index in [9.17, 15) is 0 Å². The Morgan fingerprint density at radius 2 is 2.06 bits per heavy atom. The van der Waals surface area contributed by atoms with Crippen LogP contribution >= 0.6 is 0 Å². The summed E-state index contributed by atoms with van der Waals surface area (Å²) in [6.07, 6.45) is 4.35. The van der Waals surface area contributed by atoms with Crippen molar-refractivity contribution in [3.8, 4) is 0 Å². The number of hydrogen-bond acceptors (Lipinski definition) is 4. The van der Waals surface area contributed by atoms with Gasteiger partial charge in [0.05, 0.1) is 12.6 Å². The van der Waals surface area contributed by atoms with Gasteiger partial charge < -0.3 is 15.4 Å². The SMILES string of the molecule is CCNC(=NCC1CCCOC1c1ccc(C)cc1)NC1CCc2nc(C(C)C)nn2C1. The Labute approximate surface area is 192 Å². The zero-order valence-electron chi connectivity index (χ0n) is 20.0. The summed E-state index contributed by atoms with van der Waals surface area (Å²) in [6, 6.07) is 9.05. The van der Waals surface area contributed by atoms with Crippen molar-refractivity contribution in [1.29, 1.82) is 0 Å². The molecule has 32 heavy (non-hydrogen) atoms. The van der Waals surface area contributed by atoms with E-state index in [0.717, 1.165) is 69.5 Å². The van der Waals surface area contributed by atoms with Crippen molar-refractivity contribution in [2.45, 2.75) is 78.0 Å². The molecule has 2 aromatic rings. The van der Waals surface area contributed by atoms with Crippen molar-refractivity contribution in [1.82, 2.24) is 25.4 Å². The smallest absolute Gasteiger partial charge is 0.191 e. The van der Waals surface area contributed by atoms with Gasteiger partial charge >= 0.3 is 0 Å². The Balaban J connectivity index is 1.41. The first-order valence-corrected chi connectivity index (χ1v) is 12.2. The van der Waals surface area contributed by atoms with Crippen LogP contribution in [0.25, 0.3) is 0 Å². The average Bonchev–Trinajstić information content (AvgIpc) is 3.22. The molecule has 0 saturated carbocycles. The van der Waals surface area contributed by atoms with E-state index in [2.05, 4.69) is 67.3 Å². The molecular weight excluding hydrogens is 400 g/mol. The lowest BCUT2D eigenvalue weighted by molar-refractivity contribution is -0.0250.